The molecule has 2 aromatic rings. The summed E-state index contributed by atoms with van der Waals surface area (Å²) in [6.07, 6.45) is 1.64. The minimum absolute atomic E-state index is 0.155. The SMILES string of the molecule is Cc1cnc(C(C)Nc2ccc(C(=O)O)cc2N)o1. The molecule has 0 saturated carbocycles. The van der Waals surface area contributed by atoms with E-state index < -0.39 is 5.97 Å². The van der Waals surface area contributed by atoms with Crippen LogP contribution in [0.15, 0.2) is 28.8 Å². The number of oxazole rings is 1. The lowest BCUT2D eigenvalue weighted by molar-refractivity contribution is 0.0697. The van der Waals surface area contributed by atoms with E-state index in [9.17, 15) is 4.79 Å². The van der Waals surface area contributed by atoms with Crippen LogP contribution < -0.4 is 11.1 Å². The van der Waals surface area contributed by atoms with Gasteiger partial charge in [0, 0.05) is 0 Å². The van der Waals surface area contributed by atoms with E-state index in [0.717, 1.165) is 5.76 Å². The van der Waals surface area contributed by atoms with E-state index in [1.54, 1.807) is 12.3 Å². The van der Waals surface area contributed by atoms with Crippen LogP contribution in [0.2, 0.25) is 0 Å². The first kappa shape index (κ1) is 12.9. The first-order valence-electron chi connectivity index (χ1n) is 5.79. The number of aryl methyl sites for hydroxylation is 1. The summed E-state index contributed by atoms with van der Waals surface area (Å²) >= 11 is 0. The second kappa shape index (κ2) is 5.01. The number of nitrogens with one attached hydrogen (secondary N) is 1. The Hall–Kier alpha value is -2.50. The Morgan fingerprint density at radius 2 is 2.26 bits per heavy atom. The molecule has 2 rings (SSSR count). The van der Waals surface area contributed by atoms with Gasteiger partial charge in [-0.05, 0) is 32.0 Å². The highest BCUT2D eigenvalue weighted by Gasteiger charge is 2.13. The van der Waals surface area contributed by atoms with Gasteiger partial charge in [0.05, 0.1) is 23.1 Å². The molecule has 0 aliphatic rings. The lowest BCUT2D eigenvalue weighted by atomic mass is 10.1. The highest BCUT2D eigenvalue weighted by molar-refractivity contribution is 5.90. The average Bonchev–Trinajstić information content (AvgIpc) is 2.78. The van der Waals surface area contributed by atoms with Crippen molar-refractivity contribution in [3.8, 4) is 0 Å². The summed E-state index contributed by atoms with van der Waals surface area (Å²) in [7, 11) is 0. The highest BCUT2D eigenvalue weighted by Crippen LogP contribution is 2.25. The first-order chi connectivity index (χ1) is 8.97. The van der Waals surface area contributed by atoms with Gasteiger partial charge >= 0.3 is 5.97 Å². The summed E-state index contributed by atoms with van der Waals surface area (Å²) in [4.78, 5) is 14.9. The van der Waals surface area contributed by atoms with Gasteiger partial charge in [0.15, 0.2) is 0 Å². The summed E-state index contributed by atoms with van der Waals surface area (Å²) in [5.74, 6) is 0.284. The molecule has 0 aliphatic heterocycles. The quantitative estimate of drug-likeness (QED) is 0.731. The lowest BCUT2D eigenvalue weighted by Crippen LogP contribution is -2.09. The van der Waals surface area contributed by atoms with Gasteiger partial charge in [-0.2, -0.15) is 0 Å². The smallest absolute Gasteiger partial charge is 0.335 e. The molecule has 4 N–H and O–H groups in total. The second-order valence-electron chi connectivity index (χ2n) is 4.28. The van der Waals surface area contributed by atoms with Crippen LogP contribution >= 0.6 is 0 Å². The number of nitrogen functional groups attached to an aromatic ring is 1. The molecule has 1 unspecified atom stereocenters. The minimum Gasteiger partial charge on any atom is -0.478 e. The Labute approximate surface area is 110 Å². The number of hydrogen-bond acceptors (Lipinski definition) is 5. The molecule has 1 atom stereocenters. The molecule has 0 radical (unpaired) electrons. The van der Waals surface area contributed by atoms with Crippen molar-refractivity contribution in [2.45, 2.75) is 19.9 Å². The highest BCUT2D eigenvalue weighted by atomic mass is 16.4. The number of nitrogens with zero attached hydrogens (tertiary/aromatic N) is 1. The van der Waals surface area contributed by atoms with Crippen LogP contribution in [0.4, 0.5) is 11.4 Å². The molecule has 0 saturated heterocycles. The Balaban J connectivity index is 2.17. The van der Waals surface area contributed by atoms with Crippen LogP contribution in [0.1, 0.15) is 35.0 Å². The standard InChI is InChI=1S/C13H15N3O3/c1-7-6-15-12(19-7)8(2)16-11-4-3-9(13(17)18)5-10(11)14/h3-6,8,16H,14H2,1-2H3,(H,17,18). The zero-order valence-electron chi connectivity index (χ0n) is 10.7. The fourth-order valence-electron chi connectivity index (χ4n) is 1.69. The third-order valence-corrected chi connectivity index (χ3v) is 2.68. The summed E-state index contributed by atoms with van der Waals surface area (Å²) in [6, 6.07) is 4.38. The van der Waals surface area contributed by atoms with Crippen molar-refractivity contribution >= 4 is 17.3 Å². The Morgan fingerprint density at radius 3 is 2.79 bits per heavy atom. The first-order valence-corrected chi connectivity index (χ1v) is 5.79. The molecular weight excluding hydrogens is 246 g/mol. The van der Waals surface area contributed by atoms with Gasteiger partial charge in [0.2, 0.25) is 5.89 Å². The van der Waals surface area contributed by atoms with Crippen molar-refractivity contribution in [1.82, 2.24) is 4.98 Å². The summed E-state index contributed by atoms with van der Waals surface area (Å²) in [5, 5.41) is 12.0. The van der Waals surface area contributed by atoms with Crippen LogP contribution in [0.5, 0.6) is 0 Å². The number of aromatic nitrogens is 1. The van der Waals surface area contributed by atoms with Crippen molar-refractivity contribution in [3.63, 3.8) is 0 Å². The van der Waals surface area contributed by atoms with E-state index in [-0.39, 0.29) is 11.6 Å². The Morgan fingerprint density at radius 1 is 1.53 bits per heavy atom. The van der Waals surface area contributed by atoms with E-state index in [1.165, 1.54) is 12.1 Å². The third-order valence-electron chi connectivity index (χ3n) is 2.68. The molecule has 6 heteroatoms. The predicted molar refractivity (Wildman–Crippen MR) is 71.1 cm³/mol. The Bertz CT molecular complexity index is 607. The molecule has 0 amide bonds. The number of rotatable bonds is 4. The zero-order valence-corrected chi connectivity index (χ0v) is 10.7. The van der Waals surface area contributed by atoms with E-state index in [2.05, 4.69) is 10.3 Å². The fourth-order valence-corrected chi connectivity index (χ4v) is 1.69. The maximum absolute atomic E-state index is 10.8. The molecule has 0 aliphatic carbocycles. The zero-order chi connectivity index (χ0) is 14.0. The fraction of sp³-hybridized carbons (Fsp3) is 0.231. The van der Waals surface area contributed by atoms with Crippen molar-refractivity contribution < 1.29 is 14.3 Å². The average molecular weight is 261 g/mol. The number of nitrogens with two attached hydrogens (primary N) is 1. The number of carbonyl (C=O) groups is 1. The molecule has 1 aromatic heterocycles. The molecule has 0 spiro atoms. The van der Waals surface area contributed by atoms with Crippen molar-refractivity contribution in [2.24, 2.45) is 0 Å². The summed E-state index contributed by atoms with van der Waals surface area (Å²) in [6.45, 7) is 3.70. The van der Waals surface area contributed by atoms with Gasteiger partial charge in [-0.1, -0.05) is 0 Å². The van der Waals surface area contributed by atoms with Crippen molar-refractivity contribution in [2.75, 3.05) is 11.1 Å². The third kappa shape index (κ3) is 2.85. The molecule has 1 aromatic carbocycles. The van der Waals surface area contributed by atoms with E-state index in [0.29, 0.717) is 17.3 Å². The summed E-state index contributed by atoms with van der Waals surface area (Å²) < 4.78 is 5.41. The number of carboxylic acids is 1. The number of benzene rings is 1. The van der Waals surface area contributed by atoms with Gasteiger partial charge in [-0.3, -0.25) is 0 Å². The summed E-state index contributed by atoms with van der Waals surface area (Å²) in [5.41, 5.74) is 6.99. The van der Waals surface area contributed by atoms with Crippen LogP contribution in [0.3, 0.4) is 0 Å². The van der Waals surface area contributed by atoms with Crippen molar-refractivity contribution in [3.05, 3.63) is 41.6 Å². The van der Waals surface area contributed by atoms with Crippen LogP contribution in [0, 0.1) is 6.92 Å². The molecular formula is C13H15N3O3. The number of anilines is 2. The van der Waals surface area contributed by atoms with Crippen LogP contribution in [0.25, 0.3) is 0 Å². The van der Waals surface area contributed by atoms with Crippen LogP contribution in [-0.4, -0.2) is 16.1 Å². The largest absolute Gasteiger partial charge is 0.478 e. The van der Waals surface area contributed by atoms with E-state index in [1.807, 2.05) is 13.8 Å². The second-order valence-corrected chi connectivity index (χ2v) is 4.28. The normalized spacial score (nSPS) is 12.1. The maximum atomic E-state index is 10.8. The maximum Gasteiger partial charge on any atom is 0.335 e. The molecule has 0 fully saturated rings. The predicted octanol–water partition coefficient (Wildman–Crippen LogP) is 2.44. The number of aromatic carboxylic acids is 1. The molecule has 19 heavy (non-hydrogen) atoms. The van der Waals surface area contributed by atoms with Gasteiger partial charge < -0.3 is 20.6 Å². The Kier molecular flexibility index (Phi) is 3.41. The molecule has 1 heterocycles. The monoisotopic (exact) mass is 261 g/mol. The van der Waals surface area contributed by atoms with Gasteiger partial charge in [0.25, 0.3) is 0 Å². The molecule has 0 bridgehead atoms. The topological polar surface area (TPSA) is 101 Å². The van der Waals surface area contributed by atoms with E-state index >= 15 is 0 Å². The van der Waals surface area contributed by atoms with Gasteiger partial charge in [-0.15, -0.1) is 0 Å². The molecule has 6 nitrogen and oxygen atoms in total. The number of hydrogen-bond donors (Lipinski definition) is 3. The number of carboxylic acid groups (broad SMARTS) is 1. The van der Waals surface area contributed by atoms with E-state index in [4.69, 9.17) is 15.3 Å². The molecule has 100 valence electrons. The van der Waals surface area contributed by atoms with Crippen LogP contribution in [-0.2, 0) is 0 Å². The van der Waals surface area contributed by atoms with Crippen molar-refractivity contribution in [1.29, 1.82) is 0 Å². The van der Waals surface area contributed by atoms with Gasteiger partial charge in [0.1, 0.15) is 11.8 Å². The lowest BCUT2D eigenvalue weighted by Gasteiger charge is -2.14. The van der Waals surface area contributed by atoms with Gasteiger partial charge in [-0.25, -0.2) is 9.78 Å². The minimum atomic E-state index is -1.00.